The van der Waals surface area contributed by atoms with Crippen molar-refractivity contribution < 1.29 is 9.47 Å². The molecule has 1 aromatic carbocycles. The number of hydrogen-bond donors (Lipinski definition) is 1. The number of anilines is 1. The second-order valence-corrected chi connectivity index (χ2v) is 5.88. The molecule has 128 valence electrons. The third-order valence-corrected chi connectivity index (χ3v) is 4.06. The molecule has 0 saturated heterocycles. The Morgan fingerprint density at radius 2 is 2.21 bits per heavy atom. The maximum atomic E-state index is 5.92. The van der Waals surface area contributed by atoms with Crippen LogP contribution in [0.15, 0.2) is 24.3 Å². The summed E-state index contributed by atoms with van der Waals surface area (Å²) >= 11 is 0. The molecule has 0 bridgehead atoms. The highest BCUT2D eigenvalue weighted by molar-refractivity contribution is 5.50. The predicted molar refractivity (Wildman–Crippen MR) is 93.7 cm³/mol. The minimum atomic E-state index is 0.587. The lowest BCUT2D eigenvalue weighted by Crippen LogP contribution is -2.29. The van der Waals surface area contributed by atoms with Crippen LogP contribution < -0.4 is 20.1 Å². The SMILES string of the molecule is COc1cccc2c1OCCCN(c1cc(CCN)nc(C)n1)C2. The largest absolute Gasteiger partial charge is 0.493 e. The van der Waals surface area contributed by atoms with Gasteiger partial charge in [-0.2, -0.15) is 0 Å². The van der Waals surface area contributed by atoms with Gasteiger partial charge in [0.05, 0.1) is 13.7 Å². The molecule has 0 spiro atoms. The van der Waals surface area contributed by atoms with E-state index in [0.717, 1.165) is 60.3 Å². The molecule has 0 aliphatic carbocycles. The maximum absolute atomic E-state index is 5.92. The summed E-state index contributed by atoms with van der Waals surface area (Å²) in [5, 5.41) is 0. The van der Waals surface area contributed by atoms with Crippen molar-refractivity contribution in [1.29, 1.82) is 0 Å². The summed E-state index contributed by atoms with van der Waals surface area (Å²) in [7, 11) is 1.67. The molecule has 24 heavy (non-hydrogen) atoms. The van der Waals surface area contributed by atoms with Crippen LogP contribution in [-0.4, -0.2) is 36.8 Å². The standard InChI is InChI=1S/C18H24N4O2/c1-13-20-15(7-8-19)11-17(21-13)22-9-4-10-24-18-14(12-22)5-3-6-16(18)23-2/h3,5-6,11H,4,7-10,12,19H2,1-2H3. The van der Waals surface area contributed by atoms with Crippen LogP contribution >= 0.6 is 0 Å². The first kappa shape index (κ1) is 16.5. The first-order chi connectivity index (χ1) is 11.7. The second kappa shape index (κ2) is 7.49. The number of nitrogens with zero attached hydrogens (tertiary/aromatic N) is 3. The van der Waals surface area contributed by atoms with E-state index in [1.54, 1.807) is 7.11 Å². The molecule has 2 aromatic rings. The van der Waals surface area contributed by atoms with E-state index in [-0.39, 0.29) is 0 Å². The number of methoxy groups -OCH3 is 1. The van der Waals surface area contributed by atoms with Crippen molar-refractivity contribution in [2.75, 3.05) is 31.7 Å². The van der Waals surface area contributed by atoms with Crippen LogP contribution in [0.1, 0.15) is 23.5 Å². The van der Waals surface area contributed by atoms with Gasteiger partial charge in [-0.05, 0) is 26.0 Å². The van der Waals surface area contributed by atoms with Crippen molar-refractivity contribution in [3.05, 3.63) is 41.3 Å². The van der Waals surface area contributed by atoms with E-state index >= 15 is 0 Å². The molecule has 3 rings (SSSR count). The minimum absolute atomic E-state index is 0.587. The fourth-order valence-corrected chi connectivity index (χ4v) is 2.97. The molecule has 0 fully saturated rings. The number of benzene rings is 1. The van der Waals surface area contributed by atoms with Gasteiger partial charge in [-0.3, -0.25) is 0 Å². The van der Waals surface area contributed by atoms with Crippen LogP contribution in [0.4, 0.5) is 5.82 Å². The molecule has 6 heteroatoms. The molecule has 1 aliphatic rings. The number of nitrogens with two attached hydrogens (primary N) is 1. The smallest absolute Gasteiger partial charge is 0.166 e. The van der Waals surface area contributed by atoms with Crippen LogP contribution in [0.5, 0.6) is 11.5 Å². The van der Waals surface area contributed by atoms with Crippen molar-refractivity contribution in [2.24, 2.45) is 5.73 Å². The van der Waals surface area contributed by atoms with Crippen LogP contribution in [0.3, 0.4) is 0 Å². The molecule has 0 atom stereocenters. The maximum Gasteiger partial charge on any atom is 0.166 e. The summed E-state index contributed by atoms with van der Waals surface area (Å²) in [4.78, 5) is 11.4. The minimum Gasteiger partial charge on any atom is -0.493 e. The molecule has 6 nitrogen and oxygen atoms in total. The van der Waals surface area contributed by atoms with E-state index in [1.807, 2.05) is 25.1 Å². The number of aryl methyl sites for hydroxylation is 1. The third kappa shape index (κ3) is 3.59. The van der Waals surface area contributed by atoms with Gasteiger partial charge in [0.25, 0.3) is 0 Å². The van der Waals surface area contributed by atoms with Gasteiger partial charge in [0.2, 0.25) is 0 Å². The van der Waals surface area contributed by atoms with E-state index in [1.165, 1.54) is 0 Å². The highest BCUT2D eigenvalue weighted by atomic mass is 16.5. The number of aromatic nitrogens is 2. The predicted octanol–water partition coefficient (Wildman–Crippen LogP) is 2.08. The Bertz CT molecular complexity index is 705. The number of rotatable bonds is 4. The molecule has 1 aliphatic heterocycles. The third-order valence-electron chi connectivity index (χ3n) is 4.06. The molecule has 2 heterocycles. The Kier molecular flexibility index (Phi) is 5.15. The summed E-state index contributed by atoms with van der Waals surface area (Å²) < 4.78 is 11.4. The van der Waals surface area contributed by atoms with E-state index in [9.17, 15) is 0 Å². The zero-order valence-corrected chi connectivity index (χ0v) is 14.3. The highest BCUT2D eigenvalue weighted by Crippen LogP contribution is 2.34. The average Bonchev–Trinajstić information content (AvgIpc) is 2.54. The topological polar surface area (TPSA) is 73.5 Å². The summed E-state index contributed by atoms with van der Waals surface area (Å²) in [5.74, 6) is 3.33. The first-order valence-corrected chi connectivity index (χ1v) is 8.29. The fraction of sp³-hybridized carbons (Fsp3) is 0.444. The highest BCUT2D eigenvalue weighted by Gasteiger charge is 2.19. The van der Waals surface area contributed by atoms with Crippen LogP contribution in [0.2, 0.25) is 0 Å². The van der Waals surface area contributed by atoms with Gasteiger partial charge >= 0.3 is 0 Å². The van der Waals surface area contributed by atoms with Gasteiger partial charge in [-0.25, -0.2) is 9.97 Å². The van der Waals surface area contributed by atoms with E-state index in [4.69, 9.17) is 15.2 Å². The zero-order chi connectivity index (χ0) is 16.9. The van der Waals surface area contributed by atoms with Gasteiger partial charge < -0.3 is 20.1 Å². The summed E-state index contributed by atoms with van der Waals surface area (Å²) in [5.41, 5.74) is 7.77. The van der Waals surface area contributed by atoms with Gasteiger partial charge in [-0.1, -0.05) is 12.1 Å². The summed E-state index contributed by atoms with van der Waals surface area (Å²) in [6.07, 6.45) is 1.69. The van der Waals surface area contributed by atoms with Crippen molar-refractivity contribution in [2.45, 2.75) is 26.3 Å². The molecule has 0 amide bonds. The number of fused-ring (bicyclic) bond motifs is 1. The van der Waals surface area contributed by atoms with Crippen molar-refractivity contribution in [3.8, 4) is 11.5 Å². The van der Waals surface area contributed by atoms with Crippen LogP contribution in [0, 0.1) is 6.92 Å². The van der Waals surface area contributed by atoms with Gasteiger partial charge in [-0.15, -0.1) is 0 Å². The lowest BCUT2D eigenvalue weighted by Gasteiger charge is -2.28. The van der Waals surface area contributed by atoms with Crippen LogP contribution in [-0.2, 0) is 13.0 Å². The normalized spacial score (nSPS) is 14.4. The van der Waals surface area contributed by atoms with Gasteiger partial charge in [0.15, 0.2) is 11.5 Å². The average molecular weight is 328 g/mol. The molecule has 0 unspecified atom stereocenters. The molecular weight excluding hydrogens is 304 g/mol. The summed E-state index contributed by atoms with van der Waals surface area (Å²) in [6, 6.07) is 8.04. The van der Waals surface area contributed by atoms with Crippen molar-refractivity contribution >= 4 is 5.82 Å². The first-order valence-electron chi connectivity index (χ1n) is 8.29. The number of ether oxygens (including phenoxy) is 2. The number of hydrogen-bond acceptors (Lipinski definition) is 6. The number of para-hydroxylation sites is 1. The van der Waals surface area contributed by atoms with Gasteiger partial charge in [0.1, 0.15) is 11.6 Å². The molecule has 0 radical (unpaired) electrons. The van der Waals surface area contributed by atoms with E-state index < -0.39 is 0 Å². The Labute approximate surface area is 142 Å². The van der Waals surface area contributed by atoms with Crippen molar-refractivity contribution in [3.63, 3.8) is 0 Å². The Hall–Kier alpha value is -2.34. The van der Waals surface area contributed by atoms with E-state index in [0.29, 0.717) is 13.2 Å². The molecule has 1 aromatic heterocycles. The van der Waals surface area contributed by atoms with Crippen LogP contribution in [0.25, 0.3) is 0 Å². The molecule has 0 saturated carbocycles. The zero-order valence-electron chi connectivity index (χ0n) is 14.3. The summed E-state index contributed by atoms with van der Waals surface area (Å²) in [6.45, 7) is 4.78. The fourth-order valence-electron chi connectivity index (χ4n) is 2.97. The monoisotopic (exact) mass is 328 g/mol. The Morgan fingerprint density at radius 1 is 1.33 bits per heavy atom. The lowest BCUT2D eigenvalue weighted by atomic mass is 10.1. The van der Waals surface area contributed by atoms with Crippen molar-refractivity contribution in [1.82, 2.24) is 9.97 Å². The lowest BCUT2D eigenvalue weighted by molar-refractivity contribution is 0.281. The van der Waals surface area contributed by atoms with Gasteiger partial charge in [0, 0.05) is 36.8 Å². The van der Waals surface area contributed by atoms with E-state index in [2.05, 4.69) is 20.9 Å². The quantitative estimate of drug-likeness (QED) is 0.926. The Morgan fingerprint density at radius 3 is 3.00 bits per heavy atom. The second-order valence-electron chi connectivity index (χ2n) is 5.88. The molecular formula is C18H24N4O2. The Balaban J connectivity index is 1.94. The molecule has 2 N–H and O–H groups in total.